The molecule has 0 amide bonds. The van der Waals surface area contributed by atoms with Gasteiger partial charge in [-0.25, -0.2) is 0 Å². The maximum atomic E-state index is 5.58. The molecule has 1 saturated heterocycles. The molecule has 0 aromatic heterocycles. The lowest BCUT2D eigenvalue weighted by Crippen LogP contribution is -2.19. The van der Waals surface area contributed by atoms with Gasteiger partial charge in [-0.05, 0) is 49.9 Å². The molecule has 1 aliphatic heterocycles. The van der Waals surface area contributed by atoms with E-state index in [0.29, 0.717) is 10.0 Å². The summed E-state index contributed by atoms with van der Waals surface area (Å²) in [6, 6.07) is 7.19. The number of benzene rings is 1. The Morgan fingerprint density at radius 1 is 1.24 bits per heavy atom. The summed E-state index contributed by atoms with van der Waals surface area (Å²) in [7, 11) is 1.80. The average Bonchev–Trinajstić information content (AvgIpc) is 3.01. The fourth-order valence-electron chi connectivity index (χ4n) is 2.77. The van der Waals surface area contributed by atoms with E-state index >= 15 is 0 Å². The minimum Gasteiger partial charge on any atom is -0.385 e. The van der Waals surface area contributed by atoms with Gasteiger partial charge in [0.25, 0.3) is 0 Å². The lowest BCUT2D eigenvalue weighted by Gasteiger charge is -2.21. The number of hydrogen-bond acceptors (Lipinski definition) is 2. The zero-order valence-electron chi connectivity index (χ0n) is 13.1. The van der Waals surface area contributed by atoms with Crippen LogP contribution in [0.4, 0.5) is 0 Å². The summed E-state index contributed by atoms with van der Waals surface area (Å²) in [6.45, 7) is 5.66. The number of ether oxygens (including phenoxy) is 1. The predicted molar refractivity (Wildman–Crippen MR) is 92.3 cm³/mol. The summed E-state index contributed by atoms with van der Waals surface area (Å²) in [5.41, 5.74) is 0. The fourth-order valence-corrected chi connectivity index (χ4v) is 3.05. The first-order chi connectivity index (χ1) is 10.2. The van der Waals surface area contributed by atoms with Crippen LogP contribution in [0.3, 0.4) is 0 Å². The van der Waals surface area contributed by atoms with Gasteiger partial charge in [0.1, 0.15) is 0 Å². The van der Waals surface area contributed by atoms with Crippen LogP contribution in [0.25, 0.3) is 0 Å². The largest absolute Gasteiger partial charge is 0.385 e. The Hall–Kier alpha value is -0.280. The first kappa shape index (κ1) is 18.8. The Labute approximate surface area is 139 Å². The van der Waals surface area contributed by atoms with Gasteiger partial charge < -0.3 is 10.1 Å². The topological polar surface area (TPSA) is 21.3 Å². The summed E-state index contributed by atoms with van der Waals surface area (Å²) in [5, 5.41) is 4.66. The van der Waals surface area contributed by atoms with Crippen LogP contribution >= 0.6 is 23.2 Å². The van der Waals surface area contributed by atoms with Crippen LogP contribution in [0, 0.1) is 11.8 Å². The van der Waals surface area contributed by atoms with Crippen molar-refractivity contribution in [3.63, 3.8) is 0 Å². The van der Waals surface area contributed by atoms with Gasteiger partial charge in [0, 0.05) is 13.7 Å². The maximum Gasteiger partial charge on any atom is 0.0592 e. The van der Waals surface area contributed by atoms with Crippen LogP contribution in [0.15, 0.2) is 24.3 Å². The molecule has 4 heteroatoms. The van der Waals surface area contributed by atoms with Crippen LogP contribution in [-0.2, 0) is 4.74 Å². The summed E-state index contributed by atoms with van der Waals surface area (Å²) >= 11 is 11.2. The minimum absolute atomic E-state index is 0.606. The average molecular weight is 332 g/mol. The molecule has 2 atom stereocenters. The van der Waals surface area contributed by atoms with Gasteiger partial charge in [-0.3, -0.25) is 0 Å². The van der Waals surface area contributed by atoms with Gasteiger partial charge in [0.15, 0.2) is 0 Å². The van der Waals surface area contributed by atoms with E-state index in [-0.39, 0.29) is 0 Å². The number of rotatable bonds is 6. The highest BCUT2D eigenvalue weighted by Crippen LogP contribution is 2.26. The Balaban J connectivity index is 0.000000235. The monoisotopic (exact) mass is 331 g/mol. The second-order valence-corrected chi connectivity index (χ2v) is 6.31. The molecule has 0 saturated carbocycles. The fraction of sp³-hybridized carbons (Fsp3) is 0.647. The van der Waals surface area contributed by atoms with Crippen molar-refractivity contribution in [1.29, 1.82) is 0 Å². The molecule has 1 N–H and O–H groups in total. The zero-order chi connectivity index (χ0) is 15.5. The second kappa shape index (κ2) is 11.3. The molecule has 1 fully saturated rings. The Morgan fingerprint density at radius 2 is 1.90 bits per heavy atom. The van der Waals surface area contributed by atoms with Gasteiger partial charge in [0.2, 0.25) is 0 Å². The van der Waals surface area contributed by atoms with Crippen molar-refractivity contribution < 1.29 is 4.74 Å². The van der Waals surface area contributed by atoms with Crippen molar-refractivity contribution >= 4 is 23.2 Å². The summed E-state index contributed by atoms with van der Waals surface area (Å²) in [6.07, 6.45) is 5.30. The summed E-state index contributed by atoms with van der Waals surface area (Å²) in [5.74, 6) is 1.80. The van der Waals surface area contributed by atoms with Crippen molar-refractivity contribution in [1.82, 2.24) is 5.32 Å². The molecular formula is C17H27Cl2NO. The van der Waals surface area contributed by atoms with Crippen LogP contribution in [0.2, 0.25) is 10.0 Å². The van der Waals surface area contributed by atoms with Crippen molar-refractivity contribution in [3.05, 3.63) is 34.3 Å². The highest BCUT2D eigenvalue weighted by Gasteiger charge is 2.23. The molecule has 1 unspecified atom stereocenters. The van der Waals surface area contributed by atoms with E-state index in [0.717, 1.165) is 18.4 Å². The van der Waals surface area contributed by atoms with Crippen LogP contribution < -0.4 is 5.32 Å². The van der Waals surface area contributed by atoms with Gasteiger partial charge in [0.05, 0.1) is 10.0 Å². The third kappa shape index (κ3) is 7.51. The number of nitrogens with one attached hydrogen (secondary N) is 1. The van der Waals surface area contributed by atoms with E-state index in [1.807, 2.05) is 12.1 Å². The van der Waals surface area contributed by atoms with E-state index in [1.165, 1.54) is 38.8 Å². The van der Waals surface area contributed by atoms with Gasteiger partial charge in [-0.2, -0.15) is 0 Å². The third-order valence-corrected chi connectivity index (χ3v) is 4.70. The molecule has 0 aliphatic carbocycles. The van der Waals surface area contributed by atoms with E-state index in [2.05, 4.69) is 12.2 Å². The van der Waals surface area contributed by atoms with Crippen LogP contribution in [0.5, 0.6) is 0 Å². The Bertz CT molecular complexity index is 360. The van der Waals surface area contributed by atoms with Crippen molar-refractivity contribution in [3.8, 4) is 0 Å². The lowest BCUT2D eigenvalue weighted by molar-refractivity contribution is 0.158. The molecule has 1 aromatic carbocycles. The SMILES string of the molecule is CCCC(CCOC)[C@@H]1CCNC1.Clc1ccccc1Cl. The van der Waals surface area contributed by atoms with E-state index < -0.39 is 0 Å². The molecule has 0 bridgehead atoms. The van der Waals surface area contributed by atoms with Gasteiger partial charge in [-0.1, -0.05) is 55.1 Å². The third-order valence-electron chi connectivity index (χ3n) is 3.94. The molecule has 1 heterocycles. The van der Waals surface area contributed by atoms with Gasteiger partial charge in [-0.15, -0.1) is 0 Å². The quantitative estimate of drug-likeness (QED) is 0.788. The van der Waals surface area contributed by atoms with Crippen molar-refractivity contribution in [2.75, 3.05) is 26.8 Å². The molecule has 1 aromatic rings. The van der Waals surface area contributed by atoms with E-state index in [1.54, 1.807) is 19.2 Å². The molecule has 2 nitrogen and oxygen atoms in total. The van der Waals surface area contributed by atoms with Crippen LogP contribution in [0.1, 0.15) is 32.6 Å². The molecule has 0 radical (unpaired) electrons. The molecule has 120 valence electrons. The van der Waals surface area contributed by atoms with E-state index in [4.69, 9.17) is 27.9 Å². The zero-order valence-corrected chi connectivity index (χ0v) is 14.6. The first-order valence-corrected chi connectivity index (χ1v) is 8.54. The highest BCUT2D eigenvalue weighted by atomic mass is 35.5. The lowest BCUT2D eigenvalue weighted by atomic mass is 9.85. The Kier molecular flexibility index (Phi) is 10.1. The van der Waals surface area contributed by atoms with Crippen molar-refractivity contribution in [2.24, 2.45) is 11.8 Å². The van der Waals surface area contributed by atoms with E-state index in [9.17, 15) is 0 Å². The molecule has 2 rings (SSSR count). The molecule has 1 aliphatic rings. The van der Waals surface area contributed by atoms with Crippen molar-refractivity contribution in [2.45, 2.75) is 32.6 Å². The van der Waals surface area contributed by atoms with Gasteiger partial charge >= 0.3 is 0 Å². The molecule has 0 spiro atoms. The number of methoxy groups -OCH3 is 1. The maximum absolute atomic E-state index is 5.58. The first-order valence-electron chi connectivity index (χ1n) is 7.78. The number of hydrogen-bond donors (Lipinski definition) is 1. The minimum atomic E-state index is 0.606. The Morgan fingerprint density at radius 3 is 2.33 bits per heavy atom. The highest BCUT2D eigenvalue weighted by molar-refractivity contribution is 6.41. The van der Waals surface area contributed by atoms with Crippen LogP contribution in [-0.4, -0.2) is 26.8 Å². The summed E-state index contributed by atoms with van der Waals surface area (Å²) < 4.78 is 5.16. The normalized spacial score (nSPS) is 19.0. The predicted octanol–water partition coefficient (Wildman–Crippen LogP) is 5.04. The molecular weight excluding hydrogens is 305 g/mol. The standard InChI is InChI=1S/C11H23NO.C6H4Cl2/c1-3-4-10(6-8-13-2)11-5-7-12-9-11;7-5-3-1-2-4-6(5)8/h10-12H,3-9H2,1-2H3;1-4H/t10?,11-;/m1./s1. The smallest absolute Gasteiger partial charge is 0.0592 e. The molecule has 21 heavy (non-hydrogen) atoms. The second-order valence-electron chi connectivity index (χ2n) is 5.50. The summed E-state index contributed by atoms with van der Waals surface area (Å²) in [4.78, 5) is 0. The number of halogens is 2.